The molecule has 0 bridgehead atoms. The lowest BCUT2D eigenvalue weighted by atomic mass is 9.98. The molecule has 0 saturated carbocycles. The van der Waals surface area contributed by atoms with Crippen LogP contribution >= 0.6 is 0 Å². The second kappa shape index (κ2) is 9.96. The molecular weight excluding hydrogens is 335 g/mol. The maximum absolute atomic E-state index is 12.8. The van der Waals surface area contributed by atoms with Crippen molar-refractivity contribution in [3.63, 3.8) is 0 Å². The lowest BCUT2D eigenvalue weighted by Crippen LogP contribution is -2.28. The van der Waals surface area contributed by atoms with Crippen molar-refractivity contribution in [1.29, 1.82) is 0 Å². The van der Waals surface area contributed by atoms with E-state index in [9.17, 15) is 13.2 Å². The topological polar surface area (TPSA) is 26.0 Å². The number of nitrogens with two attached hydrogens (primary N) is 1. The van der Waals surface area contributed by atoms with Gasteiger partial charge in [-0.1, -0.05) is 82.2 Å². The van der Waals surface area contributed by atoms with Crippen LogP contribution in [0.15, 0.2) is 36.4 Å². The van der Waals surface area contributed by atoms with Crippen molar-refractivity contribution in [1.82, 2.24) is 0 Å². The molecule has 2 N–H and O–H groups in total. The number of alkyl halides is 3. The van der Waals surface area contributed by atoms with E-state index >= 15 is 0 Å². The van der Waals surface area contributed by atoms with Gasteiger partial charge >= 0.3 is 6.18 Å². The van der Waals surface area contributed by atoms with Gasteiger partial charge < -0.3 is 5.73 Å². The summed E-state index contributed by atoms with van der Waals surface area (Å²) in [6, 6.07) is 8.86. The second-order valence-electron chi connectivity index (χ2n) is 7.19. The Balaban J connectivity index is 1.85. The molecule has 0 aliphatic heterocycles. The Morgan fingerprint density at radius 2 is 1.38 bits per heavy atom. The minimum atomic E-state index is -4.41. The van der Waals surface area contributed by atoms with E-state index in [0.717, 1.165) is 23.6 Å². The molecule has 0 fully saturated rings. The third-order valence-electron chi connectivity index (χ3n) is 4.96. The summed E-state index contributed by atoms with van der Waals surface area (Å²) in [4.78, 5) is 0. The van der Waals surface area contributed by atoms with Gasteiger partial charge in [0.15, 0.2) is 0 Å². The monoisotopic (exact) mass is 365 g/mol. The van der Waals surface area contributed by atoms with Crippen LogP contribution in [0, 0.1) is 0 Å². The van der Waals surface area contributed by atoms with Gasteiger partial charge in [-0.3, -0.25) is 0 Å². The summed E-state index contributed by atoms with van der Waals surface area (Å²) in [5.74, 6) is 0. The molecule has 2 aromatic rings. The maximum atomic E-state index is 12.8. The van der Waals surface area contributed by atoms with Gasteiger partial charge in [0.2, 0.25) is 0 Å². The fraction of sp³-hybridized carbons (Fsp3) is 0.545. The zero-order chi connectivity index (χ0) is 19.0. The molecule has 1 atom stereocenters. The van der Waals surface area contributed by atoms with Crippen LogP contribution in [-0.4, -0.2) is 6.18 Å². The normalized spacial score (nSPS) is 13.3. The highest BCUT2D eigenvalue weighted by atomic mass is 19.4. The smallest absolute Gasteiger partial charge is 0.316 e. The molecule has 0 amide bonds. The van der Waals surface area contributed by atoms with E-state index in [0.29, 0.717) is 0 Å². The van der Waals surface area contributed by atoms with E-state index in [-0.39, 0.29) is 5.56 Å². The summed E-state index contributed by atoms with van der Waals surface area (Å²) < 4.78 is 38.3. The number of benzene rings is 2. The lowest BCUT2D eigenvalue weighted by molar-refractivity contribution is -0.149. The van der Waals surface area contributed by atoms with Crippen LogP contribution in [0.1, 0.15) is 75.5 Å². The Morgan fingerprint density at radius 3 is 2.04 bits per heavy atom. The van der Waals surface area contributed by atoms with E-state index < -0.39 is 12.2 Å². The number of fused-ring (bicyclic) bond motifs is 1. The molecule has 2 aromatic carbocycles. The zero-order valence-corrected chi connectivity index (χ0v) is 15.6. The number of aryl methyl sites for hydroxylation is 1. The Labute approximate surface area is 154 Å². The fourth-order valence-corrected chi connectivity index (χ4v) is 3.31. The number of rotatable bonds is 10. The number of hydrogen-bond acceptors (Lipinski definition) is 1. The predicted molar refractivity (Wildman–Crippen MR) is 103 cm³/mol. The molecule has 0 radical (unpaired) electrons. The molecule has 0 heterocycles. The summed E-state index contributed by atoms with van der Waals surface area (Å²) in [5, 5.41) is 1.78. The lowest BCUT2D eigenvalue weighted by Gasteiger charge is -2.16. The molecular formula is C22H30F3N. The van der Waals surface area contributed by atoms with Crippen molar-refractivity contribution in [2.45, 2.75) is 76.9 Å². The van der Waals surface area contributed by atoms with Gasteiger partial charge in [0.05, 0.1) is 0 Å². The Bertz CT molecular complexity index is 679. The van der Waals surface area contributed by atoms with Crippen LogP contribution in [0.3, 0.4) is 0 Å². The first kappa shape index (κ1) is 20.8. The van der Waals surface area contributed by atoms with Crippen molar-refractivity contribution in [2.75, 3.05) is 0 Å². The van der Waals surface area contributed by atoms with Gasteiger partial charge in [0.25, 0.3) is 0 Å². The van der Waals surface area contributed by atoms with Crippen LogP contribution in [0.2, 0.25) is 0 Å². The Morgan fingerprint density at radius 1 is 0.808 bits per heavy atom. The van der Waals surface area contributed by atoms with Gasteiger partial charge in [-0.25, -0.2) is 0 Å². The third-order valence-corrected chi connectivity index (χ3v) is 4.96. The summed E-state index contributed by atoms with van der Waals surface area (Å²) in [5.41, 5.74) is 6.66. The molecule has 0 unspecified atom stereocenters. The first-order chi connectivity index (χ1) is 12.4. The van der Waals surface area contributed by atoms with E-state index in [2.05, 4.69) is 13.0 Å². The first-order valence-corrected chi connectivity index (χ1v) is 9.76. The van der Waals surface area contributed by atoms with Crippen molar-refractivity contribution in [3.05, 3.63) is 47.5 Å². The van der Waals surface area contributed by atoms with Gasteiger partial charge in [0.1, 0.15) is 6.04 Å². The highest BCUT2D eigenvalue weighted by Crippen LogP contribution is 2.32. The van der Waals surface area contributed by atoms with Gasteiger partial charge in [-0.2, -0.15) is 13.2 Å². The molecule has 1 nitrogen and oxygen atoms in total. The Hall–Kier alpha value is -1.55. The van der Waals surface area contributed by atoms with Crippen LogP contribution in [0.5, 0.6) is 0 Å². The van der Waals surface area contributed by atoms with Gasteiger partial charge in [-0.15, -0.1) is 0 Å². The van der Waals surface area contributed by atoms with E-state index in [4.69, 9.17) is 5.73 Å². The van der Waals surface area contributed by atoms with Gasteiger partial charge in [-0.05, 0) is 40.8 Å². The van der Waals surface area contributed by atoms with E-state index in [1.165, 1.54) is 56.6 Å². The molecule has 4 heteroatoms. The molecule has 2 rings (SSSR count). The van der Waals surface area contributed by atoms with E-state index in [1.54, 1.807) is 12.1 Å². The number of hydrogen-bond donors (Lipinski definition) is 1. The second-order valence-corrected chi connectivity index (χ2v) is 7.19. The van der Waals surface area contributed by atoms with E-state index in [1.807, 2.05) is 12.1 Å². The maximum Gasteiger partial charge on any atom is 0.407 e. The average Bonchev–Trinajstić information content (AvgIpc) is 2.62. The summed E-state index contributed by atoms with van der Waals surface area (Å²) in [6.45, 7) is 2.23. The highest BCUT2D eigenvalue weighted by molar-refractivity contribution is 5.84. The molecule has 26 heavy (non-hydrogen) atoms. The standard InChI is InChI=1S/C22H30F3N/c1-2-3-4-5-6-7-8-9-10-17-11-12-19-16-20(14-13-18(19)15-17)21(26)22(23,24)25/h11-16,21H,2-10,26H2,1H3/t21-/m0/s1. The fourth-order valence-electron chi connectivity index (χ4n) is 3.31. The largest absolute Gasteiger partial charge is 0.407 e. The third kappa shape index (κ3) is 6.31. The van der Waals surface area contributed by atoms with Crippen molar-refractivity contribution >= 4 is 10.8 Å². The first-order valence-electron chi connectivity index (χ1n) is 9.76. The van der Waals surface area contributed by atoms with Crippen molar-refractivity contribution in [3.8, 4) is 0 Å². The minimum absolute atomic E-state index is 0.112. The SMILES string of the molecule is CCCCCCCCCCc1ccc2cc([C@H](N)C(F)(F)F)ccc2c1. The summed E-state index contributed by atoms with van der Waals surface area (Å²) in [7, 11) is 0. The molecule has 0 saturated heterocycles. The predicted octanol–water partition coefficient (Wildman–Crippen LogP) is 7.09. The molecule has 0 aliphatic carbocycles. The number of halogens is 3. The van der Waals surface area contributed by atoms with Crippen molar-refractivity contribution < 1.29 is 13.2 Å². The molecule has 0 spiro atoms. The van der Waals surface area contributed by atoms with Gasteiger partial charge in [0, 0.05) is 0 Å². The highest BCUT2D eigenvalue weighted by Gasteiger charge is 2.37. The molecule has 144 valence electrons. The molecule has 0 aliphatic rings. The number of unbranched alkanes of at least 4 members (excludes halogenated alkanes) is 7. The van der Waals surface area contributed by atoms with Crippen LogP contribution in [0.25, 0.3) is 10.8 Å². The van der Waals surface area contributed by atoms with Crippen LogP contribution in [0.4, 0.5) is 13.2 Å². The average molecular weight is 365 g/mol. The molecule has 0 aromatic heterocycles. The summed E-state index contributed by atoms with van der Waals surface area (Å²) in [6.07, 6.45) is 6.93. The van der Waals surface area contributed by atoms with Crippen LogP contribution < -0.4 is 5.73 Å². The van der Waals surface area contributed by atoms with Crippen LogP contribution in [-0.2, 0) is 6.42 Å². The minimum Gasteiger partial charge on any atom is -0.316 e. The Kier molecular flexibility index (Phi) is 7.95. The van der Waals surface area contributed by atoms with Crippen molar-refractivity contribution in [2.24, 2.45) is 5.73 Å². The summed E-state index contributed by atoms with van der Waals surface area (Å²) >= 11 is 0. The quantitative estimate of drug-likeness (QED) is 0.447. The zero-order valence-electron chi connectivity index (χ0n) is 15.6.